The first-order chi connectivity index (χ1) is 12.2. The number of ether oxygens (including phenoxy) is 1. The zero-order valence-electron chi connectivity index (χ0n) is 13.1. The van der Waals surface area contributed by atoms with Crippen molar-refractivity contribution in [2.75, 3.05) is 12.4 Å². The molecule has 0 unspecified atom stereocenters. The predicted molar refractivity (Wildman–Crippen MR) is 93.3 cm³/mol. The van der Waals surface area contributed by atoms with Crippen molar-refractivity contribution in [1.29, 1.82) is 0 Å². The maximum atomic E-state index is 12.5. The van der Waals surface area contributed by atoms with Gasteiger partial charge in [-0.05, 0) is 40.8 Å². The van der Waals surface area contributed by atoms with E-state index in [1.54, 1.807) is 25.3 Å². The molecule has 8 nitrogen and oxygen atoms in total. The number of thiazole rings is 1. The first-order valence-electron chi connectivity index (χ1n) is 7.33. The minimum absolute atomic E-state index is 0.257. The number of methoxy groups -OCH3 is 1. The zero-order chi connectivity index (χ0) is 17.2. The number of para-hydroxylation sites is 1. The number of fused-ring (bicyclic) bond motifs is 1. The van der Waals surface area contributed by atoms with Crippen LogP contribution in [0.25, 0.3) is 15.9 Å². The Morgan fingerprint density at radius 1 is 1.24 bits per heavy atom. The minimum Gasteiger partial charge on any atom is -0.494 e. The lowest BCUT2D eigenvalue weighted by atomic mass is 10.2. The van der Waals surface area contributed by atoms with Crippen LogP contribution < -0.4 is 10.1 Å². The summed E-state index contributed by atoms with van der Waals surface area (Å²) in [5.74, 6) is 0.419. The highest BCUT2D eigenvalue weighted by atomic mass is 32.1. The number of benzene rings is 2. The van der Waals surface area contributed by atoms with Gasteiger partial charge in [-0.1, -0.05) is 23.5 Å². The van der Waals surface area contributed by atoms with E-state index in [1.165, 1.54) is 22.3 Å². The molecule has 1 amide bonds. The van der Waals surface area contributed by atoms with Crippen LogP contribution in [0.15, 0.2) is 48.8 Å². The average molecular weight is 352 g/mol. The number of nitrogens with zero attached hydrogens (tertiary/aromatic N) is 5. The summed E-state index contributed by atoms with van der Waals surface area (Å²) in [4.78, 5) is 17.0. The Kier molecular flexibility index (Phi) is 3.82. The van der Waals surface area contributed by atoms with Crippen molar-refractivity contribution < 1.29 is 9.53 Å². The number of tetrazole rings is 1. The Morgan fingerprint density at radius 2 is 2.12 bits per heavy atom. The summed E-state index contributed by atoms with van der Waals surface area (Å²) >= 11 is 1.39. The Labute approximate surface area is 146 Å². The first kappa shape index (κ1) is 15.2. The number of hydrogen-bond donors (Lipinski definition) is 1. The quantitative estimate of drug-likeness (QED) is 0.606. The molecule has 2 aromatic carbocycles. The lowest BCUT2D eigenvalue weighted by molar-refractivity contribution is 0.102. The average Bonchev–Trinajstić information content (AvgIpc) is 3.30. The zero-order valence-corrected chi connectivity index (χ0v) is 13.9. The van der Waals surface area contributed by atoms with E-state index in [9.17, 15) is 4.79 Å². The summed E-state index contributed by atoms with van der Waals surface area (Å²) in [6.45, 7) is 0. The molecule has 0 aliphatic heterocycles. The third-order valence-corrected chi connectivity index (χ3v) is 4.48. The molecule has 0 saturated heterocycles. The molecule has 0 fully saturated rings. The molecular weight excluding hydrogens is 340 g/mol. The van der Waals surface area contributed by atoms with Crippen LogP contribution in [-0.2, 0) is 0 Å². The number of nitrogens with one attached hydrogen (secondary N) is 1. The summed E-state index contributed by atoms with van der Waals surface area (Å²) in [6.07, 6.45) is 1.47. The molecule has 0 radical (unpaired) electrons. The van der Waals surface area contributed by atoms with Crippen molar-refractivity contribution in [3.63, 3.8) is 0 Å². The maximum absolute atomic E-state index is 12.5. The van der Waals surface area contributed by atoms with E-state index in [0.29, 0.717) is 22.1 Å². The van der Waals surface area contributed by atoms with E-state index < -0.39 is 0 Å². The summed E-state index contributed by atoms with van der Waals surface area (Å²) in [6, 6.07) is 12.7. The predicted octanol–water partition coefficient (Wildman–Crippen LogP) is 2.53. The monoisotopic (exact) mass is 352 g/mol. The van der Waals surface area contributed by atoms with Gasteiger partial charge in [-0.25, -0.2) is 9.67 Å². The number of amides is 1. The maximum Gasteiger partial charge on any atom is 0.257 e. The molecular formula is C16H12N6O2S. The van der Waals surface area contributed by atoms with E-state index in [0.717, 1.165) is 10.2 Å². The number of hydrogen-bond acceptors (Lipinski definition) is 7. The smallest absolute Gasteiger partial charge is 0.257 e. The first-order valence-corrected chi connectivity index (χ1v) is 8.14. The third-order valence-electron chi connectivity index (χ3n) is 3.54. The van der Waals surface area contributed by atoms with Crippen molar-refractivity contribution in [3.05, 3.63) is 54.4 Å². The van der Waals surface area contributed by atoms with Crippen LogP contribution in [0.2, 0.25) is 0 Å². The van der Waals surface area contributed by atoms with Crippen molar-refractivity contribution >= 4 is 32.6 Å². The summed E-state index contributed by atoms with van der Waals surface area (Å²) in [7, 11) is 1.59. The number of carbonyl (C=O) groups excluding carboxylic acids is 1. The topological polar surface area (TPSA) is 94.8 Å². The van der Waals surface area contributed by atoms with Gasteiger partial charge in [0.1, 0.15) is 17.6 Å². The van der Waals surface area contributed by atoms with Crippen LogP contribution in [0, 0.1) is 0 Å². The lowest BCUT2D eigenvalue weighted by Crippen LogP contribution is -2.12. The second-order valence-corrected chi connectivity index (χ2v) is 6.12. The molecule has 2 heterocycles. The molecule has 0 spiro atoms. The van der Waals surface area contributed by atoms with Crippen molar-refractivity contribution in [2.45, 2.75) is 0 Å². The molecule has 1 N–H and O–H groups in total. The minimum atomic E-state index is -0.257. The highest BCUT2D eigenvalue weighted by Gasteiger charge is 2.13. The van der Waals surface area contributed by atoms with E-state index in [1.807, 2.05) is 24.3 Å². The van der Waals surface area contributed by atoms with Crippen LogP contribution in [-0.4, -0.2) is 38.2 Å². The fraction of sp³-hybridized carbons (Fsp3) is 0.0625. The summed E-state index contributed by atoms with van der Waals surface area (Å²) in [5, 5.41) is 14.3. The SMILES string of the molecule is COc1cccc2sc(NC(=O)c3cccc(-n4cnnn4)c3)nc12. The fourth-order valence-electron chi connectivity index (χ4n) is 2.38. The largest absolute Gasteiger partial charge is 0.494 e. The number of anilines is 1. The van der Waals surface area contributed by atoms with Crippen LogP contribution in [0.3, 0.4) is 0 Å². The molecule has 25 heavy (non-hydrogen) atoms. The molecule has 2 aromatic heterocycles. The van der Waals surface area contributed by atoms with Crippen molar-refractivity contribution in [3.8, 4) is 11.4 Å². The van der Waals surface area contributed by atoms with Crippen LogP contribution >= 0.6 is 11.3 Å². The van der Waals surface area contributed by atoms with Gasteiger partial charge in [-0.2, -0.15) is 0 Å². The molecule has 0 aliphatic rings. The van der Waals surface area contributed by atoms with Gasteiger partial charge in [-0.3, -0.25) is 10.1 Å². The van der Waals surface area contributed by atoms with Gasteiger partial charge >= 0.3 is 0 Å². The third kappa shape index (κ3) is 2.92. The van der Waals surface area contributed by atoms with Gasteiger partial charge in [0.25, 0.3) is 5.91 Å². The highest BCUT2D eigenvalue weighted by molar-refractivity contribution is 7.22. The molecule has 0 bridgehead atoms. The van der Waals surface area contributed by atoms with Crippen molar-refractivity contribution in [2.24, 2.45) is 0 Å². The highest BCUT2D eigenvalue weighted by Crippen LogP contribution is 2.32. The molecule has 0 aliphatic carbocycles. The Morgan fingerprint density at radius 3 is 2.92 bits per heavy atom. The van der Waals surface area contributed by atoms with Crippen LogP contribution in [0.1, 0.15) is 10.4 Å². The molecule has 0 atom stereocenters. The Balaban J connectivity index is 1.61. The second-order valence-electron chi connectivity index (χ2n) is 5.08. The van der Waals surface area contributed by atoms with Gasteiger partial charge < -0.3 is 4.74 Å². The van der Waals surface area contributed by atoms with Crippen molar-refractivity contribution in [1.82, 2.24) is 25.2 Å². The lowest BCUT2D eigenvalue weighted by Gasteiger charge is -2.04. The standard InChI is InChI=1S/C16H12N6O2S/c1-24-12-6-3-7-13-14(12)18-16(25-13)19-15(23)10-4-2-5-11(8-10)22-9-17-20-21-22/h2-9H,1H3,(H,18,19,23). The summed E-state index contributed by atoms with van der Waals surface area (Å²) < 4.78 is 7.72. The van der Waals surface area contributed by atoms with Gasteiger partial charge in [0.05, 0.1) is 17.5 Å². The van der Waals surface area contributed by atoms with Gasteiger partial charge in [0.2, 0.25) is 0 Å². The number of aromatic nitrogens is 5. The van der Waals surface area contributed by atoms with E-state index in [4.69, 9.17) is 4.74 Å². The van der Waals surface area contributed by atoms with Crippen LogP contribution in [0.5, 0.6) is 5.75 Å². The molecule has 124 valence electrons. The second kappa shape index (κ2) is 6.29. The van der Waals surface area contributed by atoms with Gasteiger partial charge in [0, 0.05) is 5.56 Å². The van der Waals surface area contributed by atoms with E-state index >= 15 is 0 Å². The summed E-state index contributed by atoms with van der Waals surface area (Å²) in [5.41, 5.74) is 1.91. The van der Waals surface area contributed by atoms with E-state index in [2.05, 4.69) is 25.8 Å². The number of carbonyl (C=O) groups is 1. The Hall–Kier alpha value is -3.33. The molecule has 4 aromatic rings. The number of rotatable bonds is 4. The van der Waals surface area contributed by atoms with Gasteiger partial charge in [-0.15, -0.1) is 5.10 Å². The molecule has 9 heteroatoms. The Bertz CT molecular complexity index is 1040. The molecule has 4 rings (SSSR count). The van der Waals surface area contributed by atoms with Crippen LogP contribution in [0.4, 0.5) is 5.13 Å². The normalized spacial score (nSPS) is 10.8. The van der Waals surface area contributed by atoms with Gasteiger partial charge in [0.15, 0.2) is 5.13 Å². The fourth-order valence-corrected chi connectivity index (χ4v) is 3.26. The molecule has 0 saturated carbocycles. The van der Waals surface area contributed by atoms with E-state index in [-0.39, 0.29) is 5.91 Å².